The summed E-state index contributed by atoms with van der Waals surface area (Å²) in [6.45, 7) is 6.78. The molecule has 2 aromatic carbocycles. The quantitative estimate of drug-likeness (QED) is 0.170. The van der Waals surface area contributed by atoms with Crippen molar-refractivity contribution in [1.29, 1.82) is 0 Å². The SMILES string of the molecule is CC(c1ccc(C(=O)NCCC(=O)OC(C)(C)C)cc1)n1nc(-c2cc(Cl)cc(Cl)c2)cc1OS(=O)(=O)C(F)(F)F. The van der Waals surface area contributed by atoms with Crippen LogP contribution in [0.1, 0.15) is 56.1 Å². The minimum absolute atomic E-state index is 0.0266. The van der Waals surface area contributed by atoms with Gasteiger partial charge in [-0.05, 0) is 63.6 Å². The first-order valence-corrected chi connectivity index (χ1v) is 14.2. The highest BCUT2D eigenvalue weighted by Gasteiger charge is 2.49. The van der Waals surface area contributed by atoms with Gasteiger partial charge in [0.25, 0.3) is 5.91 Å². The lowest BCUT2D eigenvalue weighted by Crippen LogP contribution is -2.29. The Kier molecular flexibility index (Phi) is 9.66. The standard InChI is InChI=1S/C26H26Cl2F3N3O6S/c1-15(16-5-7-17(8-6-16)24(36)32-10-9-23(35)39-25(2,3)4)34-22(40-41(37,38)26(29,30)31)14-21(33-34)18-11-19(27)13-20(28)12-18/h5-8,11-15H,9-10H2,1-4H3,(H,32,36). The number of hydrogen-bond donors (Lipinski definition) is 1. The number of esters is 1. The van der Waals surface area contributed by atoms with Gasteiger partial charge in [0.05, 0.1) is 18.2 Å². The van der Waals surface area contributed by atoms with Crippen molar-refractivity contribution in [3.63, 3.8) is 0 Å². The highest BCUT2D eigenvalue weighted by molar-refractivity contribution is 7.87. The summed E-state index contributed by atoms with van der Waals surface area (Å²) < 4.78 is 73.5. The van der Waals surface area contributed by atoms with Crippen molar-refractivity contribution in [2.75, 3.05) is 6.54 Å². The van der Waals surface area contributed by atoms with Crippen molar-refractivity contribution in [2.24, 2.45) is 0 Å². The molecule has 0 bridgehead atoms. The van der Waals surface area contributed by atoms with Crippen LogP contribution in [0.3, 0.4) is 0 Å². The van der Waals surface area contributed by atoms with E-state index in [1.165, 1.54) is 42.5 Å². The number of nitrogens with zero attached hydrogens (tertiary/aromatic N) is 2. The molecule has 1 heterocycles. The average molecular weight is 636 g/mol. The van der Waals surface area contributed by atoms with Gasteiger partial charge in [-0.2, -0.15) is 26.7 Å². The molecule has 222 valence electrons. The summed E-state index contributed by atoms with van der Waals surface area (Å²) in [6, 6.07) is 10.5. The van der Waals surface area contributed by atoms with Crippen molar-refractivity contribution < 1.29 is 40.1 Å². The summed E-state index contributed by atoms with van der Waals surface area (Å²) in [5, 5.41) is 7.31. The molecule has 1 amide bonds. The largest absolute Gasteiger partial charge is 0.534 e. The third kappa shape index (κ3) is 8.60. The Hall–Kier alpha value is -3.29. The first-order chi connectivity index (χ1) is 18.9. The minimum Gasteiger partial charge on any atom is -0.460 e. The van der Waals surface area contributed by atoms with E-state index in [0.717, 1.165) is 10.7 Å². The second-order valence-electron chi connectivity index (χ2n) is 9.84. The Labute approximate surface area is 244 Å². The maximum atomic E-state index is 13.1. The zero-order valence-corrected chi connectivity index (χ0v) is 24.6. The van der Waals surface area contributed by atoms with E-state index in [1.54, 1.807) is 27.7 Å². The first kappa shape index (κ1) is 32.2. The Morgan fingerprint density at radius 1 is 1.02 bits per heavy atom. The number of amides is 1. The van der Waals surface area contributed by atoms with Crippen molar-refractivity contribution in [1.82, 2.24) is 15.1 Å². The van der Waals surface area contributed by atoms with Gasteiger partial charge in [0.1, 0.15) is 5.60 Å². The number of hydrogen-bond acceptors (Lipinski definition) is 7. The predicted molar refractivity (Wildman–Crippen MR) is 146 cm³/mol. The van der Waals surface area contributed by atoms with Gasteiger partial charge in [-0.25, -0.2) is 4.68 Å². The zero-order valence-electron chi connectivity index (χ0n) is 22.3. The van der Waals surface area contributed by atoms with Gasteiger partial charge in [0, 0.05) is 33.8 Å². The Morgan fingerprint density at radius 3 is 2.15 bits per heavy atom. The van der Waals surface area contributed by atoms with E-state index in [2.05, 4.69) is 14.6 Å². The van der Waals surface area contributed by atoms with Gasteiger partial charge in [-0.1, -0.05) is 35.3 Å². The normalized spacial score (nSPS) is 13.0. The molecule has 1 N–H and O–H groups in total. The summed E-state index contributed by atoms with van der Waals surface area (Å²) >= 11 is 12.1. The molecule has 1 atom stereocenters. The number of carbonyl (C=O) groups is 2. The van der Waals surface area contributed by atoms with Crippen LogP contribution in [0.2, 0.25) is 10.0 Å². The summed E-state index contributed by atoms with van der Waals surface area (Å²) in [7, 11) is -6.02. The van der Waals surface area contributed by atoms with Crippen LogP contribution in [0.25, 0.3) is 11.3 Å². The van der Waals surface area contributed by atoms with Gasteiger partial charge < -0.3 is 14.2 Å². The van der Waals surface area contributed by atoms with E-state index in [9.17, 15) is 31.2 Å². The van der Waals surface area contributed by atoms with Gasteiger partial charge >= 0.3 is 21.6 Å². The van der Waals surface area contributed by atoms with Crippen LogP contribution in [-0.2, 0) is 19.6 Å². The fraction of sp³-hybridized carbons (Fsp3) is 0.346. The fourth-order valence-corrected chi connectivity index (χ4v) is 4.52. The molecule has 0 fully saturated rings. The number of nitrogens with one attached hydrogen (secondary N) is 1. The molecule has 0 spiro atoms. The van der Waals surface area contributed by atoms with Crippen LogP contribution in [0.4, 0.5) is 13.2 Å². The van der Waals surface area contributed by atoms with Crippen molar-refractivity contribution in [2.45, 2.75) is 51.3 Å². The summed E-state index contributed by atoms with van der Waals surface area (Å²) in [5.74, 6) is -1.64. The van der Waals surface area contributed by atoms with Crippen LogP contribution in [-0.4, -0.2) is 47.7 Å². The number of rotatable bonds is 9. The number of alkyl halides is 3. The third-order valence-corrected chi connectivity index (χ3v) is 6.79. The molecular formula is C26H26Cl2F3N3O6S. The topological polar surface area (TPSA) is 117 Å². The molecule has 1 aromatic heterocycles. The monoisotopic (exact) mass is 635 g/mol. The second-order valence-corrected chi connectivity index (χ2v) is 12.3. The van der Waals surface area contributed by atoms with Crippen molar-refractivity contribution in [3.8, 4) is 17.1 Å². The number of aromatic nitrogens is 2. The Balaban J connectivity index is 1.85. The number of halogens is 5. The van der Waals surface area contributed by atoms with E-state index in [-0.39, 0.29) is 34.3 Å². The Morgan fingerprint density at radius 2 is 1.61 bits per heavy atom. The predicted octanol–water partition coefficient (Wildman–Crippen LogP) is 6.16. The molecule has 0 saturated heterocycles. The molecule has 3 aromatic rings. The molecule has 15 heteroatoms. The van der Waals surface area contributed by atoms with Crippen LogP contribution >= 0.6 is 23.2 Å². The van der Waals surface area contributed by atoms with Gasteiger partial charge in [0.2, 0.25) is 5.88 Å². The summed E-state index contributed by atoms with van der Waals surface area (Å²) in [4.78, 5) is 24.3. The fourth-order valence-electron chi connectivity index (χ4n) is 3.55. The van der Waals surface area contributed by atoms with E-state index >= 15 is 0 Å². The Bertz CT molecular complexity index is 1510. The van der Waals surface area contributed by atoms with Crippen LogP contribution in [0.5, 0.6) is 5.88 Å². The maximum absolute atomic E-state index is 13.1. The van der Waals surface area contributed by atoms with Crippen LogP contribution < -0.4 is 9.50 Å². The number of ether oxygens (including phenoxy) is 1. The highest BCUT2D eigenvalue weighted by atomic mass is 35.5. The van der Waals surface area contributed by atoms with Gasteiger partial charge in [-0.3, -0.25) is 9.59 Å². The van der Waals surface area contributed by atoms with Crippen molar-refractivity contribution in [3.05, 3.63) is 69.7 Å². The van der Waals surface area contributed by atoms with Gasteiger partial charge in [0.15, 0.2) is 0 Å². The minimum atomic E-state index is -6.02. The molecule has 0 aliphatic heterocycles. The summed E-state index contributed by atoms with van der Waals surface area (Å²) in [6.07, 6.45) is -0.0266. The summed E-state index contributed by atoms with van der Waals surface area (Å²) in [5.41, 5.74) is -5.26. The van der Waals surface area contributed by atoms with E-state index in [0.29, 0.717) is 11.1 Å². The first-order valence-electron chi connectivity index (χ1n) is 12.0. The molecule has 3 rings (SSSR count). The lowest BCUT2D eigenvalue weighted by atomic mass is 10.1. The molecular weight excluding hydrogens is 610 g/mol. The number of carbonyl (C=O) groups excluding carboxylic acids is 2. The molecule has 0 aliphatic carbocycles. The smallest absolute Gasteiger partial charge is 0.460 e. The van der Waals surface area contributed by atoms with Crippen LogP contribution in [0.15, 0.2) is 48.5 Å². The average Bonchev–Trinajstić information content (AvgIpc) is 3.24. The highest BCUT2D eigenvalue weighted by Crippen LogP contribution is 2.34. The molecule has 0 radical (unpaired) electrons. The molecule has 41 heavy (non-hydrogen) atoms. The molecule has 9 nitrogen and oxygen atoms in total. The molecule has 1 unspecified atom stereocenters. The van der Waals surface area contributed by atoms with E-state index in [1.807, 2.05) is 0 Å². The third-order valence-electron chi connectivity index (χ3n) is 5.40. The van der Waals surface area contributed by atoms with Gasteiger partial charge in [-0.15, -0.1) is 0 Å². The zero-order chi connectivity index (χ0) is 30.8. The van der Waals surface area contributed by atoms with E-state index in [4.69, 9.17) is 27.9 Å². The lowest BCUT2D eigenvalue weighted by molar-refractivity contribution is -0.154. The van der Waals surface area contributed by atoms with E-state index < -0.39 is 45.0 Å². The number of benzene rings is 2. The maximum Gasteiger partial charge on any atom is 0.534 e. The molecule has 0 saturated carbocycles. The lowest BCUT2D eigenvalue weighted by Gasteiger charge is -2.19. The van der Waals surface area contributed by atoms with Crippen LogP contribution in [0, 0.1) is 0 Å². The second kappa shape index (κ2) is 12.3. The van der Waals surface area contributed by atoms with Crippen molar-refractivity contribution >= 4 is 45.2 Å². The molecule has 0 aliphatic rings.